The fourth-order valence-electron chi connectivity index (χ4n) is 7.54. The molecular weight excluding hydrogens is 623 g/mol. The van der Waals surface area contributed by atoms with Crippen LogP contribution in [-0.4, -0.2) is 0 Å². The molecular formula is C48H31NS. The molecule has 0 amide bonds. The second kappa shape index (κ2) is 11.7. The molecule has 10 rings (SSSR count). The van der Waals surface area contributed by atoms with Crippen molar-refractivity contribution in [2.45, 2.75) is 0 Å². The third-order valence-corrected chi connectivity index (χ3v) is 11.1. The molecule has 10 aromatic rings. The van der Waals surface area contributed by atoms with Crippen molar-refractivity contribution < 1.29 is 0 Å². The first kappa shape index (κ1) is 28.8. The lowest BCUT2D eigenvalue weighted by atomic mass is 9.96. The summed E-state index contributed by atoms with van der Waals surface area (Å²) in [5.74, 6) is 0. The van der Waals surface area contributed by atoms with Crippen LogP contribution >= 0.6 is 11.3 Å². The van der Waals surface area contributed by atoms with Crippen LogP contribution in [0.25, 0.3) is 74.7 Å². The monoisotopic (exact) mass is 653 g/mol. The van der Waals surface area contributed by atoms with E-state index in [1.54, 1.807) is 0 Å². The molecule has 0 spiro atoms. The van der Waals surface area contributed by atoms with E-state index in [0.717, 1.165) is 11.4 Å². The smallest absolute Gasteiger partial charge is 0.0540 e. The maximum absolute atomic E-state index is 2.41. The van der Waals surface area contributed by atoms with Crippen molar-refractivity contribution in [3.63, 3.8) is 0 Å². The summed E-state index contributed by atoms with van der Waals surface area (Å²) in [7, 11) is 0. The lowest BCUT2D eigenvalue weighted by molar-refractivity contribution is 1.30. The van der Waals surface area contributed by atoms with Gasteiger partial charge in [-0.3, -0.25) is 0 Å². The standard InChI is InChI=1S/C48H31NS/c1-2-12-38-30-47-45(29-37(38)11-1)44-28-27-40(31-48(44)50-47)49(46-18-8-14-35-10-4-6-16-43(35)46)39-25-23-33(24-26-39)32-19-21-36(22-20-32)42-17-7-13-34-9-3-5-15-41(34)42/h1-31H. The Kier molecular flexibility index (Phi) is 6.75. The van der Waals surface area contributed by atoms with Gasteiger partial charge in [0, 0.05) is 36.9 Å². The molecule has 0 fully saturated rings. The van der Waals surface area contributed by atoms with Crippen molar-refractivity contribution in [1.82, 2.24) is 0 Å². The summed E-state index contributed by atoms with van der Waals surface area (Å²) < 4.78 is 2.62. The zero-order chi connectivity index (χ0) is 33.0. The Labute approximate surface area is 294 Å². The van der Waals surface area contributed by atoms with Gasteiger partial charge in [-0.15, -0.1) is 11.3 Å². The molecule has 0 aliphatic heterocycles. The molecule has 0 bridgehead atoms. The molecule has 234 valence electrons. The molecule has 1 heterocycles. The highest BCUT2D eigenvalue weighted by atomic mass is 32.1. The van der Waals surface area contributed by atoms with Gasteiger partial charge < -0.3 is 4.90 Å². The molecule has 0 aliphatic carbocycles. The minimum atomic E-state index is 1.13. The van der Waals surface area contributed by atoms with Crippen molar-refractivity contribution >= 4 is 80.9 Å². The molecule has 0 radical (unpaired) electrons. The van der Waals surface area contributed by atoms with Crippen LogP contribution in [0.5, 0.6) is 0 Å². The molecule has 0 N–H and O–H groups in total. The number of rotatable bonds is 5. The molecule has 0 saturated heterocycles. The van der Waals surface area contributed by atoms with E-state index in [9.17, 15) is 0 Å². The zero-order valence-corrected chi connectivity index (χ0v) is 28.1. The van der Waals surface area contributed by atoms with Crippen molar-refractivity contribution in [3.05, 3.63) is 188 Å². The number of hydrogen-bond donors (Lipinski definition) is 0. The highest BCUT2D eigenvalue weighted by Crippen LogP contribution is 2.44. The van der Waals surface area contributed by atoms with Crippen molar-refractivity contribution in [2.24, 2.45) is 0 Å². The third-order valence-electron chi connectivity index (χ3n) is 10.0. The summed E-state index contributed by atoms with van der Waals surface area (Å²) in [6.45, 7) is 0. The van der Waals surface area contributed by atoms with Gasteiger partial charge in [0.1, 0.15) is 0 Å². The molecule has 0 atom stereocenters. The van der Waals surface area contributed by atoms with E-state index in [4.69, 9.17) is 0 Å². The number of hydrogen-bond acceptors (Lipinski definition) is 2. The first-order valence-corrected chi connectivity index (χ1v) is 17.9. The van der Waals surface area contributed by atoms with Crippen molar-refractivity contribution in [1.29, 1.82) is 0 Å². The second-order valence-corrected chi connectivity index (χ2v) is 14.0. The minimum Gasteiger partial charge on any atom is -0.310 e. The summed E-state index contributed by atoms with van der Waals surface area (Å²) in [5.41, 5.74) is 8.34. The average molecular weight is 654 g/mol. The molecule has 0 saturated carbocycles. The maximum Gasteiger partial charge on any atom is 0.0540 e. The Balaban J connectivity index is 1.06. The Morgan fingerprint density at radius 3 is 1.62 bits per heavy atom. The molecule has 0 unspecified atom stereocenters. The number of nitrogens with zero attached hydrogens (tertiary/aromatic N) is 1. The van der Waals surface area contributed by atoms with Gasteiger partial charge >= 0.3 is 0 Å². The van der Waals surface area contributed by atoms with Gasteiger partial charge in [-0.25, -0.2) is 0 Å². The minimum absolute atomic E-state index is 1.13. The summed E-state index contributed by atoms with van der Waals surface area (Å²) in [4.78, 5) is 2.41. The summed E-state index contributed by atoms with van der Waals surface area (Å²) in [6.07, 6.45) is 0. The van der Waals surface area contributed by atoms with Gasteiger partial charge in [0.05, 0.1) is 5.69 Å². The Hall–Kier alpha value is -6.22. The first-order chi connectivity index (χ1) is 24.8. The highest BCUT2D eigenvalue weighted by Gasteiger charge is 2.17. The van der Waals surface area contributed by atoms with Gasteiger partial charge in [-0.2, -0.15) is 0 Å². The predicted octanol–water partition coefficient (Wildman–Crippen LogP) is 14.3. The normalized spacial score (nSPS) is 11.6. The average Bonchev–Trinajstić information content (AvgIpc) is 3.54. The van der Waals surface area contributed by atoms with E-state index in [2.05, 4.69) is 193 Å². The summed E-state index contributed by atoms with van der Waals surface area (Å²) in [6, 6.07) is 68.7. The fourth-order valence-corrected chi connectivity index (χ4v) is 8.71. The highest BCUT2D eigenvalue weighted by molar-refractivity contribution is 7.25. The van der Waals surface area contributed by atoms with Gasteiger partial charge in [-0.05, 0) is 91.6 Å². The van der Waals surface area contributed by atoms with Crippen LogP contribution in [0.1, 0.15) is 0 Å². The Morgan fingerprint density at radius 2 is 0.860 bits per heavy atom. The lowest BCUT2D eigenvalue weighted by Gasteiger charge is -2.27. The van der Waals surface area contributed by atoms with E-state index in [1.807, 2.05) is 11.3 Å². The molecule has 1 aromatic heterocycles. The Morgan fingerprint density at radius 1 is 0.320 bits per heavy atom. The molecule has 50 heavy (non-hydrogen) atoms. The topological polar surface area (TPSA) is 3.24 Å². The first-order valence-electron chi connectivity index (χ1n) is 17.1. The van der Waals surface area contributed by atoms with Crippen molar-refractivity contribution in [2.75, 3.05) is 4.90 Å². The van der Waals surface area contributed by atoms with Gasteiger partial charge in [0.15, 0.2) is 0 Å². The van der Waals surface area contributed by atoms with Crippen LogP contribution in [0.4, 0.5) is 17.1 Å². The zero-order valence-electron chi connectivity index (χ0n) is 27.3. The van der Waals surface area contributed by atoms with Crippen LogP contribution in [0.15, 0.2) is 188 Å². The largest absolute Gasteiger partial charge is 0.310 e. The fraction of sp³-hybridized carbons (Fsp3) is 0. The van der Waals surface area contributed by atoms with Crippen molar-refractivity contribution in [3.8, 4) is 22.3 Å². The van der Waals surface area contributed by atoms with Crippen LogP contribution in [0, 0.1) is 0 Å². The third kappa shape index (κ3) is 4.84. The van der Waals surface area contributed by atoms with Crippen LogP contribution < -0.4 is 4.90 Å². The van der Waals surface area contributed by atoms with E-state index < -0.39 is 0 Å². The van der Waals surface area contributed by atoms with Crippen LogP contribution in [-0.2, 0) is 0 Å². The SMILES string of the molecule is c1ccc2cc3c(cc2c1)sc1cc(N(c2ccc(-c4ccc(-c5cccc6ccccc56)cc4)cc2)c2cccc4ccccc24)ccc13. The number of fused-ring (bicyclic) bond motifs is 6. The Bertz CT molecular complexity index is 2850. The van der Waals surface area contributed by atoms with E-state index in [-0.39, 0.29) is 0 Å². The molecule has 2 heteroatoms. The predicted molar refractivity (Wildman–Crippen MR) is 217 cm³/mol. The van der Waals surface area contributed by atoms with Gasteiger partial charge in [0.2, 0.25) is 0 Å². The second-order valence-electron chi connectivity index (χ2n) is 13.0. The number of anilines is 3. The van der Waals surface area contributed by atoms with Crippen LogP contribution in [0.3, 0.4) is 0 Å². The van der Waals surface area contributed by atoms with E-state index in [0.29, 0.717) is 0 Å². The van der Waals surface area contributed by atoms with Crippen LogP contribution in [0.2, 0.25) is 0 Å². The summed E-state index contributed by atoms with van der Waals surface area (Å²) in [5, 5.41) is 10.2. The molecule has 1 nitrogen and oxygen atoms in total. The maximum atomic E-state index is 2.41. The summed E-state index contributed by atoms with van der Waals surface area (Å²) >= 11 is 1.88. The quantitative estimate of drug-likeness (QED) is 0.179. The van der Waals surface area contributed by atoms with E-state index >= 15 is 0 Å². The molecule has 9 aromatic carbocycles. The van der Waals surface area contributed by atoms with Gasteiger partial charge in [0.25, 0.3) is 0 Å². The van der Waals surface area contributed by atoms with E-state index in [1.165, 1.54) is 80.4 Å². The lowest BCUT2D eigenvalue weighted by Crippen LogP contribution is -2.10. The number of thiophene rings is 1. The van der Waals surface area contributed by atoms with Gasteiger partial charge in [-0.1, -0.05) is 146 Å². The number of benzene rings is 9. The molecule has 0 aliphatic rings.